The number of unbranched alkanes of at least 4 members (excludes halogenated alkanes) is 5. The van der Waals surface area contributed by atoms with E-state index in [-0.39, 0.29) is 23.9 Å². The third-order valence-electron chi connectivity index (χ3n) is 4.77. The number of ether oxygens (including phenoxy) is 1. The third kappa shape index (κ3) is 15.0. The van der Waals surface area contributed by atoms with E-state index in [0.29, 0.717) is 19.6 Å². The molecule has 0 aliphatic heterocycles. The van der Waals surface area contributed by atoms with Crippen LogP contribution in [-0.4, -0.2) is 66.4 Å². The van der Waals surface area contributed by atoms with Crippen LogP contribution in [0.5, 0.6) is 0 Å². The number of amides is 1. The average molecular weight is 406 g/mol. The highest BCUT2D eigenvalue weighted by molar-refractivity contribution is 6.20. The molecule has 0 radical (unpaired) electrons. The van der Waals surface area contributed by atoms with E-state index in [1.165, 1.54) is 0 Å². The topological polar surface area (TPSA) is 70.0 Å². The lowest BCUT2D eigenvalue weighted by Gasteiger charge is -2.25. The van der Waals surface area contributed by atoms with E-state index < -0.39 is 0 Å². The van der Waals surface area contributed by atoms with E-state index in [0.717, 1.165) is 64.2 Å². The minimum atomic E-state index is -0.273. The summed E-state index contributed by atoms with van der Waals surface area (Å²) in [4.78, 5) is 13.6. The Balaban J connectivity index is 3.65. The number of carbonyl (C=O) groups is 1. The predicted molar refractivity (Wildman–Crippen MR) is 112 cm³/mol. The Morgan fingerprint density at radius 1 is 1.04 bits per heavy atom. The van der Waals surface area contributed by atoms with Crippen molar-refractivity contribution >= 4 is 17.5 Å². The van der Waals surface area contributed by atoms with E-state index in [1.807, 2.05) is 0 Å². The highest BCUT2D eigenvalue weighted by Gasteiger charge is 2.18. The molecule has 0 aliphatic rings. The molecule has 2 atom stereocenters. The monoisotopic (exact) mass is 405 g/mol. The molecule has 2 N–H and O–H groups in total. The zero-order valence-corrected chi connectivity index (χ0v) is 18.0. The molecule has 0 heterocycles. The molecular formula is C21H40ClNO4. The van der Waals surface area contributed by atoms with Crippen molar-refractivity contribution in [2.75, 3.05) is 34.0 Å². The molecule has 6 heteroatoms. The first-order valence-electron chi connectivity index (χ1n) is 10.3. The molecule has 0 bridgehead atoms. The minimum Gasteiger partial charge on any atom is -0.396 e. The molecule has 0 spiro atoms. The van der Waals surface area contributed by atoms with Crippen LogP contribution in [0.2, 0.25) is 0 Å². The molecular weight excluding hydrogens is 366 g/mol. The smallest absolute Gasteiger partial charge is 0.223 e. The van der Waals surface area contributed by atoms with Crippen molar-refractivity contribution < 1.29 is 19.7 Å². The Kier molecular flexibility index (Phi) is 18.3. The van der Waals surface area contributed by atoms with Crippen LogP contribution in [0, 0.1) is 0 Å². The Hall–Kier alpha value is -0.620. The number of rotatable bonds is 18. The van der Waals surface area contributed by atoms with E-state index in [1.54, 1.807) is 19.1 Å². The van der Waals surface area contributed by atoms with Crippen LogP contribution in [0.4, 0.5) is 0 Å². The highest BCUT2D eigenvalue weighted by atomic mass is 35.5. The molecule has 160 valence electrons. The first-order chi connectivity index (χ1) is 13.1. The summed E-state index contributed by atoms with van der Waals surface area (Å²) in [6.45, 7) is 0.550. The minimum absolute atomic E-state index is 0.0275. The molecule has 27 heavy (non-hydrogen) atoms. The van der Waals surface area contributed by atoms with Gasteiger partial charge in [-0.1, -0.05) is 37.8 Å². The largest absolute Gasteiger partial charge is 0.396 e. The van der Waals surface area contributed by atoms with E-state index in [2.05, 4.69) is 12.2 Å². The first-order valence-corrected chi connectivity index (χ1v) is 10.8. The fraction of sp³-hybridized carbons (Fsp3) is 0.857. The summed E-state index contributed by atoms with van der Waals surface area (Å²) in [5, 5.41) is 18.3. The van der Waals surface area contributed by atoms with E-state index in [9.17, 15) is 9.90 Å². The maximum Gasteiger partial charge on any atom is 0.223 e. The zero-order chi connectivity index (χ0) is 20.3. The number of allylic oxidation sites excluding steroid dienone is 2. The second kappa shape index (κ2) is 18.7. The number of likely N-dealkylation sites (N-methyl/N-ethyl adjacent to an activating group) is 1. The SMILES string of the molecule is COC[C@@H](CO)N(C)C(=O)CCC=CCCCCC(Cl)CCCCCCO. The third-order valence-corrected chi connectivity index (χ3v) is 5.20. The summed E-state index contributed by atoms with van der Waals surface area (Å²) in [6, 6.07) is -0.273. The van der Waals surface area contributed by atoms with Crippen LogP contribution in [0.3, 0.4) is 0 Å². The fourth-order valence-electron chi connectivity index (χ4n) is 2.91. The first kappa shape index (κ1) is 26.4. The van der Waals surface area contributed by atoms with Crippen molar-refractivity contribution in [2.45, 2.75) is 82.0 Å². The predicted octanol–water partition coefficient (Wildman–Crippen LogP) is 3.90. The number of hydrogen-bond donors (Lipinski definition) is 2. The summed E-state index contributed by atoms with van der Waals surface area (Å²) in [5.41, 5.74) is 0. The fourth-order valence-corrected chi connectivity index (χ4v) is 3.21. The lowest BCUT2D eigenvalue weighted by molar-refractivity contribution is -0.133. The van der Waals surface area contributed by atoms with Gasteiger partial charge in [0.25, 0.3) is 0 Å². The average Bonchev–Trinajstić information content (AvgIpc) is 2.67. The number of methoxy groups -OCH3 is 1. The number of halogens is 1. The summed E-state index contributed by atoms with van der Waals surface area (Å²) in [5.74, 6) is 0.0275. The Bertz CT molecular complexity index is 379. The Morgan fingerprint density at radius 3 is 2.30 bits per heavy atom. The van der Waals surface area contributed by atoms with Gasteiger partial charge < -0.3 is 19.8 Å². The molecule has 0 rings (SSSR count). The molecule has 0 aromatic heterocycles. The van der Waals surface area contributed by atoms with Crippen LogP contribution in [0.1, 0.15) is 70.6 Å². The zero-order valence-electron chi connectivity index (χ0n) is 17.2. The normalized spacial score (nSPS) is 13.8. The van der Waals surface area contributed by atoms with Gasteiger partial charge in [-0.2, -0.15) is 0 Å². The summed E-state index contributed by atoms with van der Waals surface area (Å²) < 4.78 is 5.01. The molecule has 0 aromatic carbocycles. The van der Waals surface area contributed by atoms with Crippen molar-refractivity contribution in [1.29, 1.82) is 0 Å². The number of carbonyl (C=O) groups excluding carboxylic acids is 1. The van der Waals surface area contributed by atoms with E-state index in [4.69, 9.17) is 21.4 Å². The molecule has 1 amide bonds. The van der Waals surface area contributed by atoms with Gasteiger partial charge in [-0.15, -0.1) is 11.6 Å². The van der Waals surface area contributed by atoms with Gasteiger partial charge in [-0.25, -0.2) is 0 Å². The Labute approximate surface area is 170 Å². The molecule has 0 aliphatic carbocycles. The van der Waals surface area contributed by atoms with Crippen LogP contribution >= 0.6 is 11.6 Å². The number of aliphatic hydroxyl groups excluding tert-OH is 2. The number of hydrogen-bond acceptors (Lipinski definition) is 4. The van der Waals surface area contributed by atoms with Gasteiger partial charge >= 0.3 is 0 Å². The van der Waals surface area contributed by atoms with Gasteiger partial charge in [0.15, 0.2) is 0 Å². The quantitative estimate of drug-likeness (QED) is 0.206. The van der Waals surface area contributed by atoms with Crippen LogP contribution in [0.15, 0.2) is 12.2 Å². The van der Waals surface area contributed by atoms with Crippen LogP contribution < -0.4 is 0 Å². The van der Waals surface area contributed by atoms with Gasteiger partial charge in [-0.3, -0.25) is 4.79 Å². The second-order valence-corrected chi connectivity index (χ2v) is 7.73. The summed E-state index contributed by atoms with van der Waals surface area (Å²) in [7, 11) is 3.27. The van der Waals surface area contributed by atoms with Gasteiger partial charge in [0.05, 0.1) is 19.3 Å². The van der Waals surface area contributed by atoms with Crippen molar-refractivity contribution in [2.24, 2.45) is 0 Å². The molecule has 0 fully saturated rings. The number of nitrogens with zero attached hydrogens (tertiary/aromatic N) is 1. The molecule has 5 nitrogen and oxygen atoms in total. The maximum absolute atomic E-state index is 12.1. The molecule has 0 aromatic rings. The lowest BCUT2D eigenvalue weighted by Crippen LogP contribution is -2.42. The van der Waals surface area contributed by atoms with Crippen molar-refractivity contribution in [3.63, 3.8) is 0 Å². The van der Waals surface area contributed by atoms with Gasteiger partial charge in [0.1, 0.15) is 0 Å². The summed E-state index contributed by atoms with van der Waals surface area (Å²) in [6.07, 6.45) is 15.1. The van der Waals surface area contributed by atoms with Crippen molar-refractivity contribution in [3.8, 4) is 0 Å². The molecule has 1 unspecified atom stereocenters. The second-order valence-electron chi connectivity index (χ2n) is 7.11. The highest BCUT2D eigenvalue weighted by Crippen LogP contribution is 2.16. The van der Waals surface area contributed by atoms with Crippen LogP contribution in [-0.2, 0) is 9.53 Å². The van der Waals surface area contributed by atoms with Gasteiger partial charge in [0, 0.05) is 32.6 Å². The van der Waals surface area contributed by atoms with Crippen molar-refractivity contribution in [1.82, 2.24) is 4.90 Å². The molecule has 0 saturated carbocycles. The lowest BCUT2D eigenvalue weighted by atomic mass is 10.1. The van der Waals surface area contributed by atoms with E-state index >= 15 is 0 Å². The standard InChI is InChI=1S/C21H40ClNO4/c1-23(20(17-25)18-27-2)21(26)15-11-6-4-3-5-9-13-19(22)14-10-7-8-12-16-24/h4,6,19-20,24-25H,3,5,7-18H2,1-2H3/t19?,20-/m1/s1. The molecule has 0 saturated heterocycles. The number of alkyl halides is 1. The Morgan fingerprint density at radius 2 is 1.67 bits per heavy atom. The van der Waals surface area contributed by atoms with Crippen molar-refractivity contribution in [3.05, 3.63) is 12.2 Å². The van der Waals surface area contributed by atoms with Crippen LogP contribution in [0.25, 0.3) is 0 Å². The van der Waals surface area contributed by atoms with Gasteiger partial charge in [-0.05, 0) is 38.5 Å². The summed E-state index contributed by atoms with van der Waals surface area (Å²) >= 11 is 6.34. The number of aliphatic hydroxyl groups is 2. The van der Waals surface area contributed by atoms with Gasteiger partial charge in [0.2, 0.25) is 5.91 Å². The maximum atomic E-state index is 12.1.